The number of hydrogen-bond acceptors (Lipinski definition) is 5. The van der Waals surface area contributed by atoms with Crippen LogP contribution in [-0.2, 0) is 9.59 Å². The zero-order chi connectivity index (χ0) is 16.1. The van der Waals surface area contributed by atoms with Crippen LogP contribution in [0.25, 0.3) is 0 Å². The van der Waals surface area contributed by atoms with Crippen LogP contribution >= 0.6 is 0 Å². The van der Waals surface area contributed by atoms with E-state index in [1.807, 2.05) is 6.07 Å². The predicted octanol–water partition coefficient (Wildman–Crippen LogP) is 1.28. The van der Waals surface area contributed by atoms with Crippen LogP contribution in [0.2, 0.25) is 0 Å². The van der Waals surface area contributed by atoms with Gasteiger partial charge in [-0.05, 0) is 32.0 Å². The molecule has 22 heavy (non-hydrogen) atoms. The molecule has 1 aromatic carbocycles. The van der Waals surface area contributed by atoms with Gasteiger partial charge in [-0.2, -0.15) is 5.26 Å². The van der Waals surface area contributed by atoms with E-state index in [0.717, 1.165) is 4.90 Å². The molecule has 3 rings (SSSR count). The van der Waals surface area contributed by atoms with Gasteiger partial charge in [0.05, 0.1) is 17.7 Å². The number of rotatable bonds is 1. The van der Waals surface area contributed by atoms with Crippen LogP contribution in [0.5, 0.6) is 5.75 Å². The molecule has 2 aliphatic rings. The van der Waals surface area contributed by atoms with Gasteiger partial charge in [0.25, 0.3) is 0 Å². The summed E-state index contributed by atoms with van der Waals surface area (Å²) >= 11 is 0. The first-order valence-corrected chi connectivity index (χ1v) is 7.11. The van der Waals surface area contributed by atoms with E-state index in [0.29, 0.717) is 16.9 Å². The smallest absolute Gasteiger partial charge is 0.230 e. The molecule has 2 amide bonds. The van der Waals surface area contributed by atoms with E-state index in [9.17, 15) is 14.7 Å². The number of carbonyl (C=O) groups is 2. The van der Waals surface area contributed by atoms with Gasteiger partial charge in [0.15, 0.2) is 0 Å². The first-order chi connectivity index (χ1) is 10.3. The molecule has 2 heterocycles. The molecule has 6 heteroatoms. The third-order valence-corrected chi connectivity index (χ3v) is 4.21. The summed E-state index contributed by atoms with van der Waals surface area (Å²) in [4.78, 5) is 25.3. The Morgan fingerprint density at radius 1 is 1.32 bits per heavy atom. The number of hydrogen-bond donors (Lipinski definition) is 1. The molecule has 114 valence electrons. The first kappa shape index (κ1) is 14.5. The second-order valence-electron chi connectivity index (χ2n) is 6.12. The molecule has 0 aromatic heterocycles. The van der Waals surface area contributed by atoms with E-state index in [1.54, 1.807) is 32.0 Å². The Bertz CT molecular complexity index is 689. The molecule has 2 atom stereocenters. The molecular formula is C16H16N2O4. The summed E-state index contributed by atoms with van der Waals surface area (Å²) in [5.41, 5.74) is -0.0672. The topological polar surface area (TPSA) is 90.6 Å². The Balaban J connectivity index is 2.17. The lowest BCUT2D eigenvalue weighted by molar-refractivity contribution is -0.151. The van der Waals surface area contributed by atoms with Crippen LogP contribution in [0.3, 0.4) is 0 Å². The Kier molecular flexibility index (Phi) is 3.18. The second-order valence-corrected chi connectivity index (χ2v) is 6.12. The minimum Gasteiger partial charge on any atom is -0.485 e. The average Bonchev–Trinajstić information content (AvgIpc) is 2.80. The van der Waals surface area contributed by atoms with Crippen molar-refractivity contribution in [2.45, 2.75) is 44.4 Å². The summed E-state index contributed by atoms with van der Waals surface area (Å²) < 4.78 is 5.78. The van der Waals surface area contributed by atoms with E-state index >= 15 is 0 Å². The quantitative estimate of drug-likeness (QED) is 0.789. The Morgan fingerprint density at radius 3 is 2.55 bits per heavy atom. The highest BCUT2D eigenvalue weighted by atomic mass is 16.5. The van der Waals surface area contributed by atoms with Crippen LogP contribution in [-0.4, -0.2) is 33.5 Å². The van der Waals surface area contributed by atoms with Crippen molar-refractivity contribution in [2.75, 3.05) is 0 Å². The molecule has 2 aliphatic heterocycles. The van der Waals surface area contributed by atoms with Gasteiger partial charge in [-0.1, -0.05) is 0 Å². The van der Waals surface area contributed by atoms with Crippen LogP contribution < -0.4 is 4.74 Å². The van der Waals surface area contributed by atoms with E-state index in [1.165, 1.54) is 0 Å². The maximum Gasteiger partial charge on any atom is 0.230 e. The van der Waals surface area contributed by atoms with Gasteiger partial charge in [0, 0.05) is 18.4 Å². The van der Waals surface area contributed by atoms with Gasteiger partial charge in [0.1, 0.15) is 17.5 Å². The number of nitrogens with zero attached hydrogens (tertiary/aromatic N) is 2. The summed E-state index contributed by atoms with van der Waals surface area (Å²) in [5, 5.41) is 19.7. The lowest BCUT2D eigenvalue weighted by atomic mass is 9.85. The molecule has 1 saturated heterocycles. The van der Waals surface area contributed by atoms with Crippen molar-refractivity contribution < 1.29 is 19.4 Å². The summed E-state index contributed by atoms with van der Waals surface area (Å²) in [6.45, 7) is 3.41. The summed E-state index contributed by atoms with van der Waals surface area (Å²) in [7, 11) is 0. The number of amides is 2. The Morgan fingerprint density at radius 2 is 1.95 bits per heavy atom. The second kappa shape index (κ2) is 4.82. The van der Waals surface area contributed by atoms with Crippen LogP contribution in [0, 0.1) is 11.3 Å². The summed E-state index contributed by atoms with van der Waals surface area (Å²) in [6.07, 6.45) is -0.771. The monoisotopic (exact) mass is 300 g/mol. The minimum absolute atomic E-state index is 0.149. The predicted molar refractivity (Wildman–Crippen MR) is 75.7 cm³/mol. The number of aliphatic hydroxyl groups is 1. The van der Waals surface area contributed by atoms with E-state index in [4.69, 9.17) is 10.00 Å². The fourth-order valence-corrected chi connectivity index (χ4v) is 3.02. The standard InChI is InChI=1S/C16H16N2O4/c1-16(2)15(21)14(18-12(19)5-6-13(18)20)10-7-9(8-17)3-4-11(10)22-16/h3-4,7,14-15,21H,5-6H2,1-2H3. The highest BCUT2D eigenvalue weighted by molar-refractivity contribution is 6.02. The molecular weight excluding hydrogens is 284 g/mol. The lowest BCUT2D eigenvalue weighted by Gasteiger charge is -2.44. The van der Waals surface area contributed by atoms with Crippen molar-refractivity contribution >= 4 is 11.8 Å². The molecule has 1 N–H and O–H groups in total. The molecule has 0 saturated carbocycles. The first-order valence-electron chi connectivity index (χ1n) is 7.11. The van der Waals surface area contributed by atoms with Gasteiger partial charge in [0.2, 0.25) is 11.8 Å². The minimum atomic E-state index is -1.07. The number of imide groups is 1. The average molecular weight is 300 g/mol. The molecule has 0 bridgehead atoms. The zero-order valence-electron chi connectivity index (χ0n) is 12.4. The van der Waals surface area contributed by atoms with Crippen molar-refractivity contribution in [1.82, 2.24) is 4.90 Å². The van der Waals surface area contributed by atoms with E-state index in [2.05, 4.69) is 0 Å². The van der Waals surface area contributed by atoms with Crippen LogP contribution in [0.4, 0.5) is 0 Å². The third-order valence-electron chi connectivity index (χ3n) is 4.21. The zero-order valence-corrected chi connectivity index (χ0v) is 12.4. The number of benzene rings is 1. The summed E-state index contributed by atoms with van der Waals surface area (Å²) in [5.74, 6) is -0.132. The molecule has 2 unspecified atom stereocenters. The van der Waals surface area contributed by atoms with E-state index < -0.39 is 17.7 Å². The van der Waals surface area contributed by atoms with Crippen molar-refractivity contribution in [3.63, 3.8) is 0 Å². The number of aliphatic hydroxyl groups excluding tert-OH is 1. The van der Waals surface area contributed by atoms with Crippen molar-refractivity contribution in [3.05, 3.63) is 29.3 Å². The van der Waals surface area contributed by atoms with Gasteiger partial charge in [-0.3, -0.25) is 14.5 Å². The van der Waals surface area contributed by atoms with Gasteiger partial charge in [-0.15, -0.1) is 0 Å². The normalized spacial score (nSPS) is 26.4. The van der Waals surface area contributed by atoms with Crippen LogP contribution in [0.1, 0.15) is 43.9 Å². The van der Waals surface area contributed by atoms with Crippen LogP contribution in [0.15, 0.2) is 18.2 Å². The third kappa shape index (κ3) is 2.06. The van der Waals surface area contributed by atoms with Crippen molar-refractivity contribution in [1.29, 1.82) is 5.26 Å². The largest absolute Gasteiger partial charge is 0.485 e. The van der Waals surface area contributed by atoms with Gasteiger partial charge < -0.3 is 9.84 Å². The maximum absolute atomic E-state index is 12.1. The molecule has 1 fully saturated rings. The van der Waals surface area contributed by atoms with E-state index in [-0.39, 0.29) is 24.7 Å². The Hall–Kier alpha value is -2.39. The highest BCUT2D eigenvalue weighted by Crippen LogP contribution is 2.44. The molecule has 6 nitrogen and oxygen atoms in total. The fraction of sp³-hybridized carbons (Fsp3) is 0.438. The highest BCUT2D eigenvalue weighted by Gasteiger charge is 2.49. The van der Waals surface area contributed by atoms with Crippen molar-refractivity contribution in [3.8, 4) is 11.8 Å². The van der Waals surface area contributed by atoms with Gasteiger partial charge in [-0.25, -0.2) is 0 Å². The SMILES string of the molecule is CC1(C)Oc2ccc(C#N)cc2C(N2C(=O)CCC2=O)C1O. The molecule has 0 radical (unpaired) electrons. The number of carbonyl (C=O) groups excluding carboxylic acids is 2. The van der Waals surface area contributed by atoms with Gasteiger partial charge >= 0.3 is 0 Å². The Labute approximate surface area is 127 Å². The maximum atomic E-state index is 12.1. The molecule has 0 spiro atoms. The number of nitriles is 1. The fourth-order valence-electron chi connectivity index (χ4n) is 3.02. The number of likely N-dealkylation sites (tertiary alicyclic amines) is 1. The molecule has 1 aromatic rings. The summed E-state index contributed by atoms with van der Waals surface area (Å²) in [6, 6.07) is 6.01. The van der Waals surface area contributed by atoms with Crippen molar-refractivity contribution in [2.24, 2.45) is 0 Å². The molecule has 0 aliphatic carbocycles. The number of ether oxygens (including phenoxy) is 1. The number of fused-ring (bicyclic) bond motifs is 1. The lowest BCUT2D eigenvalue weighted by Crippen LogP contribution is -2.54.